The van der Waals surface area contributed by atoms with E-state index >= 15 is 0 Å². The molecule has 21 heavy (non-hydrogen) atoms. The van der Waals surface area contributed by atoms with Gasteiger partial charge in [-0.1, -0.05) is 13.8 Å². The highest BCUT2D eigenvalue weighted by atomic mass is 19.1. The smallest absolute Gasteiger partial charge is 0.123 e. The third-order valence-electron chi connectivity index (χ3n) is 3.09. The van der Waals surface area contributed by atoms with Gasteiger partial charge in [0.2, 0.25) is 0 Å². The van der Waals surface area contributed by atoms with Crippen LogP contribution < -0.4 is 5.32 Å². The molecule has 2 rings (SSSR count). The normalized spacial score (nSPS) is 10.8. The minimum Gasteiger partial charge on any atom is -0.333 e. The van der Waals surface area contributed by atoms with Crippen LogP contribution in [0, 0.1) is 23.1 Å². The molecule has 0 aliphatic carbocycles. The van der Waals surface area contributed by atoms with Crippen LogP contribution in [0.5, 0.6) is 0 Å². The molecule has 5 heteroatoms. The largest absolute Gasteiger partial charge is 0.333 e. The number of nitrogens with one attached hydrogen (secondary N) is 1. The van der Waals surface area contributed by atoms with E-state index in [1.807, 2.05) is 10.8 Å². The standard InChI is InChI=1S/C16H19FN4/c1-12(2)7-19-8-16-10-21(11-20-16)9-14-5-15(17)4-3-13(14)6-18/h3-5,10-12,19H,7-9H2,1-2H3. The molecule has 4 nitrogen and oxygen atoms in total. The van der Waals surface area contributed by atoms with E-state index in [0.717, 1.165) is 12.2 Å². The number of nitrogens with zero attached hydrogens (tertiary/aromatic N) is 3. The quantitative estimate of drug-likeness (QED) is 0.888. The Labute approximate surface area is 124 Å². The minimum absolute atomic E-state index is 0.331. The lowest BCUT2D eigenvalue weighted by Gasteiger charge is -2.06. The van der Waals surface area contributed by atoms with Crippen LogP contribution in [0.2, 0.25) is 0 Å². The maximum Gasteiger partial charge on any atom is 0.123 e. The highest BCUT2D eigenvalue weighted by molar-refractivity contribution is 5.38. The van der Waals surface area contributed by atoms with E-state index in [9.17, 15) is 4.39 Å². The summed E-state index contributed by atoms with van der Waals surface area (Å²) in [5.74, 6) is 0.264. The van der Waals surface area contributed by atoms with Gasteiger partial charge in [0, 0.05) is 19.3 Å². The third-order valence-corrected chi connectivity index (χ3v) is 3.09. The summed E-state index contributed by atoms with van der Waals surface area (Å²) in [5, 5.41) is 12.4. The molecular formula is C16H19FN4. The zero-order chi connectivity index (χ0) is 15.2. The Morgan fingerprint density at radius 2 is 2.24 bits per heavy atom. The van der Waals surface area contributed by atoms with Crippen LogP contribution in [0.15, 0.2) is 30.7 Å². The van der Waals surface area contributed by atoms with Crippen LogP contribution in [0.3, 0.4) is 0 Å². The van der Waals surface area contributed by atoms with Gasteiger partial charge < -0.3 is 9.88 Å². The van der Waals surface area contributed by atoms with Crippen molar-refractivity contribution in [2.24, 2.45) is 5.92 Å². The molecule has 0 atom stereocenters. The lowest BCUT2D eigenvalue weighted by Crippen LogP contribution is -2.19. The Kier molecular flexibility index (Phi) is 5.07. The van der Waals surface area contributed by atoms with Crippen molar-refractivity contribution in [2.75, 3.05) is 6.54 Å². The predicted molar refractivity (Wildman–Crippen MR) is 79.0 cm³/mol. The van der Waals surface area contributed by atoms with Crippen LogP contribution in [0.25, 0.3) is 0 Å². The molecule has 1 aromatic carbocycles. The second kappa shape index (κ2) is 7.00. The minimum atomic E-state index is -0.331. The number of hydrogen-bond acceptors (Lipinski definition) is 3. The van der Waals surface area contributed by atoms with Crippen LogP contribution in [0.1, 0.15) is 30.7 Å². The second-order valence-corrected chi connectivity index (χ2v) is 5.48. The molecule has 0 bridgehead atoms. The topological polar surface area (TPSA) is 53.6 Å². The summed E-state index contributed by atoms with van der Waals surface area (Å²) in [5.41, 5.74) is 2.09. The maximum atomic E-state index is 13.3. The second-order valence-electron chi connectivity index (χ2n) is 5.48. The number of aromatic nitrogens is 2. The monoisotopic (exact) mass is 286 g/mol. The summed E-state index contributed by atoms with van der Waals surface area (Å²) in [6.45, 7) is 6.39. The van der Waals surface area contributed by atoms with E-state index in [4.69, 9.17) is 5.26 Å². The Balaban J connectivity index is 2.03. The number of nitriles is 1. The van der Waals surface area contributed by atoms with Crippen molar-refractivity contribution in [1.29, 1.82) is 5.26 Å². The first-order valence-electron chi connectivity index (χ1n) is 6.98. The maximum absolute atomic E-state index is 13.3. The van der Waals surface area contributed by atoms with Crippen molar-refractivity contribution >= 4 is 0 Å². The molecule has 0 saturated heterocycles. The molecule has 0 aliphatic rings. The van der Waals surface area contributed by atoms with Crippen LogP contribution >= 0.6 is 0 Å². The fourth-order valence-corrected chi connectivity index (χ4v) is 2.07. The molecule has 0 aliphatic heterocycles. The van der Waals surface area contributed by atoms with Crippen LogP contribution in [-0.2, 0) is 13.1 Å². The van der Waals surface area contributed by atoms with E-state index in [2.05, 4.69) is 30.2 Å². The predicted octanol–water partition coefficient (Wildman–Crippen LogP) is 2.69. The van der Waals surface area contributed by atoms with E-state index in [0.29, 0.717) is 30.1 Å². The van der Waals surface area contributed by atoms with Crippen molar-refractivity contribution in [2.45, 2.75) is 26.9 Å². The lowest BCUT2D eigenvalue weighted by molar-refractivity contribution is 0.548. The van der Waals surface area contributed by atoms with Gasteiger partial charge in [-0.25, -0.2) is 9.37 Å². The number of rotatable bonds is 6. The highest BCUT2D eigenvalue weighted by Gasteiger charge is 2.06. The number of halogens is 1. The van der Waals surface area contributed by atoms with Gasteiger partial charge in [-0.15, -0.1) is 0 Å². The molecule has 0 spiro atoms. The molecule has 2 aromatic rings. The van der Waals surface area contributed by atoms with E-state index in [1.165, 1.54) is 18.2 Å². The van der Waals surface area contributed by atoms with Gasteiger partial charge in [0.15, 0.2) is 0 Å². The van der Waals surface area contributed by atoms with Crippen molar-refractivity contribution < 1.29 is 4.39 Å². The van der Waals surface area contributed by atoms with Crippen LogP contribution in [0.4, 0.5) is 4.39 Å². The first kappa shape index (κ1) is 15.2. The highest BCUT2D eigenvalue weighted by Crippen LogP contribution is 2.12. The first-order chi connectivity index (χ1) is 10.1. The van der Waals surface area contributed by atoms with Gasteiger partial charge in [0.25, 0.3) is 0 Å². The number of benzene rings is 1. The van der Waals surface area contributed by atoms with Gasteiger partial charge >= 0.3 is 0 Å². The van der Waals surface area contributed by atoms with Gasteiger partial charge in [0.1, 0.15) is 5.82 Å². The average molecular weight is 286 g/mol. The SMILES string of the molecule is CC(C)CNCc1cn(Cc2cc(F)ccc2C#N)cn1. The molecule has 0 saturated carbocycles. The Hall–Kier alpha value is -2.19. The Morgan fingerprint density at radius 3 is 2.95 bits per heavy atom. The van der Waals surface area contributed by atoms with Gasteiger partial charge in [-0.3, -0.25) is 0 Å². The fraction of sp³-hybridized carbons (Fsp3) is 0.375. The summed E-state index contributed by atoms with van der Waals surface area (Å²) >= 11 is 0. The summed E-state index contributed by atoms with van der Waals surface area (Å²) in [6, 6.07) is 6.29. The van der Waals surface area contributed by atoms with Gasteiger partial charge in [0.05, 0.1) is 23.7 Å². The fourth-order valence-electron chi connectivity index (χ4n) is 2.07. The number of imidazole rings is 1. The molecular weight excluding hydrogens is 267 g/mol. The molecule has 0 amide bonds. The molecule has 0 fully saturated rings. The lowest BCUT2D eigenvalue weighted by atomic mass is 10.1. The van der Waals surface area contributed by atoms with Crippen molar-refractivity contribution in [3.8, 4) is 6.07 Å². The van der Waals surface area contributed by atoms with Gasteiger partial charge in [-0.2, -0.15) is 5.26 Å². The van der Waals surface area contributed by atoms with Gasteiger partial charge in [-0.05, 0) is 36.2 Å². The number of hydrogen-bond donors (Lipinski definition) is 1. The summed E-state index contributed by atoms with van der Waals surface area (Å²) in [6.07, 6.45) is 3.62. The van der Waals surface area contributed by atoms with E-state index in [-0.39, 0.29) is 5.82 Å². The summed E-state index contributed by atoms with van der Waals surface area (Å²) in [4.78, 5) is 4.31. The molecule has 1 heterocycles. The molecule has 0 radical (unpaired) electrons. The summed E-state index contributed by atoms with van der Waals surface area (Å²) in [7, 11) is 0. The molecule has 1 N–H and O–H groups in total. The third kappa shape index (κ3) is 4.40. The van der Waals surface area contributed by atoms with Crippen LogP contribution in [-0.4, -0.2) is 16.1 Å². The molecule has 110 valence electrons. The Morgan fingerprint density at radius 1 is 1.43 bits per heavy atom. The molecule has 0 unspecified atom stereocenters. The van der Waals surface area contributed by atoms with Crippen molar-refractivity contribution in [1.82, 2.24) is 14.9 Å². The molecule has 1 aromatic heterocycles. The van der Waals surface area contributed by atoms with Crippen molar-refractivity contribution in [3.63, 3.8) is 0 Å². The van der Waals surface area contributed by atoms with E-state index < -0.39 is 0 Å². The zero-order valence-electron chi connectivity index (χ0n) is 12.3. The average Bonchev–Trinajstić information content (AvgIpc) is 2.86. The van der Waals surface area contributed by atoms with Crippen molar-refractivity contribution in [3.05, 3.63) is 53.4 Å². The zero-order valence-corrected chi connectivity index (χ0v) is 12.3. The van der Waals surface area contributed by atoms with E-state index in [1.54, 1.807) is 6.33 Å². The summed E-state index contributed by atoms with van der Waals surface area (Å²) < 4.78 is 15.2. The Bertz CT molecular complexity index is 640. The first-order valence-corrected chi connectivity index (χ1v) is 6.98.